The topological polar surface area (TPSA) is 29.5 Å². The van der Waals surface area contributed by atoms with Gasteiger partial charge in [-0.25, -0.2) is 0 Å². The van der Waals surface area contributed by atoms with Gasteiger partial charge in [-0.15, -0.1) is 0 Å². The second kappa shape index (κ2) is 7.04. The molecule has 2 aromatic carbocycles. The van der Waals surface area contributed by atoms with Crippen LogP contribution in [-0.4, -0.2) is 31.5 Å². The fourth-order valence-corrected chi connectivity index (χ4v) is 2.16. The Kier molecular flexibility index (Phi) is 5.12. The molecule has 2 rings (SSSR count). The van der Waals surface area contributed by atoms with Crippen LogP contribution < -0.4 is 0 Å². The first-order valence-electron chi connectivity index (χ1n) is 7.02. The van der Waals surface area contributed by atoms with Crippen molar-refractivity contribution in [1.29, 1.82) is 0 Å². The molecule has 1 amide bonds. The summed E-state index contributed by atoms with van der Waals surface area (Å²) in [6, 6.07) is 18.1. The number of hydrogen-bond acceptors (Lipinski definition) is 2. The number of nitrogens with zero attached hydrogens (tertiary/aromatic N) is 1. The maximum Gasteiger partial charge on any atom is 0.248 e. The van der Waals surface area contributed by atoms with Crippen molar-refractivity contribution in [3.05, 3.63) is 71.3 Å². The number of benzene rings is 2. The largest absolute Gasteiger partial charge is 0.359 e. The van der Waals surface area contributed by atoms with Crippen LogP contribution in [0, 0.1) is 6.92 Å². The van der Waals surface area contributed by atoms with Crippen molar-refractivity contribution in [2.75, 3.05) is 20.7 Å². The number of carbonyl (C=O) groups is 1. The molecular weight excluding hydrogens is 262 g/mol. The minimum absolute atomic E-state index is 0.0375. The number of carbonyl (C=O) groups excluding carboxylic acids is 1. The van der Waals surface area contributed by atoms with Gasteiger partial charge in [-0.05, 0) is 23.6 Å². The van der Waals surface area contributed by atoms with Gasteiger partial charge in [0.05, 0.1) is 0 Å². The van der Waals surface area contributed by atoms with Crippen molar-refractivity contribution >= 4 is 5.91 Å². The molecule has 0 heterocycles. The zero-order valence-corrected chi connectivity index (χ0v) is 12.7. The predicted octanol–water partition coefficient (Wildman–Crippen LogP) is 3.19. The van der Waals surface area contributed by atoms with Gasteiger partial charge in [0, 0.05) is 14.1 Å². The highest BCUT2D eigenvalue weighted by atomic mass is 16.5. The van der Waals surface area contributed by atoms with E-state index in [1.165, 1.54) is 0 Å². The Labute approximate surface area is 126 Å². The van der Waals surface area contributed by atoms with Crippen LogP contribution in [0.25, 0.3) is 0 Å². The molecule has 0 bridgehead atoms. The van der Waals surface area contributed by atoms with Gasteiger partial charge in [-0.3, -0.25) is 4.79 Å². The van der Waals surface area contributed by atoms with Gasteiger partial charge in [-0.1, -0.05) is 54.6 Å². The zero-order chi connectivity index (χ0) is 15.2. The van der Waals surface area contributed by atoms with Gasteiger partial charge in [0.2, 0.25) is 5.91 Å². The zero-order valence-electron chi connectivity index (χ0n) is 12.7. The van der Waals surface area contributed by atoms with Crippen molar-refractivity contribution in [3.8, 4) is 0 Å². The number of ether oxygens (including phenoxy) is 1. The van der Waals surface area contributed by atoms with Gasteiger partial charge in [0.1, 0.15) is 12.7 Å². The monoisotopic (exact) mass is 283 g/mol. The lowest BCUT2D eigenvalue weighted by molar-refractivity contribution is -0.134. The van der Waals surface area contributed by atoms with Gasteiger partial charge in [0.25, 0.3) is 0 Å². The van der Waals surface area contributed by atoms with E-state index in [2.05, 4.69) is 13.0 Å². The Hall–Kier alpha value is -2.13. The lowest BCUT2D eigenvalue weighted by Crippen LogP contribution is -2.27. The molecular formula is C18H21NO2. The molecule has 0 aliphatic rings. The molecule has 0 radical (unpaired) electrons. The lowest BCUT2D eigenvalue weighted by atomic mass is 9.97. The van der Waals surface area contributed by atoms with E-state index in [0.29, 0.717) is 0 Å². The maximum atomic E-state index is 11.8. The minimum atomic E-state index is -0.226. The third kappa shape index (κ3) is 3.92. The lowest BCUT2D eigenvalue weighted by Gasteiger charge is -2.21. The number of likely N-dealkylation sites (N-methyl/N-ethyl adjacent to an activating group) is 1. The number of amides is 1. The third-order valence-corrected chi connectivity index (χ3v) is 3.45. The quantitative estimate of drug-likeness (QED) is 0.843. The molecule has 0 aliphatic carbocycles. The molecule has 3 nitrogen and oxygen atoms in total. The van der Waals surface area contributed by atoms with Crippen LogP contribution in [0.3, 0.4) is 0 Å². The van der Waals surface area contributed by atoms with Gasteiger partial charge in [0.15, 0.2) is 0 Å². The van der Waals surface area contributed by atoms with Crippen LogP contribution in [0.2, 0.25) is 0 Å². The predicted molar refractivity (Wildman–Crippen MR) is 84.1 cm³/mol. The van der Waals surface area contributed by atoms with E-state index in [0.717, 1.165) is 16.7 Å². The maximum absolute atomic E-state index is 11.8. The average Bonchev–Trinajstić information content (AvgIpc) is 2.50. The highest BCUT2D eigenvalue weighted by molar-refractivity contribution is 5.76. The average molecular weight is 283 g/mol. The summed E-state index contributed by atoms with van der Waals surface area (Å²) in [5.74, 6) is -0.0375. The highest BCUT2D eigenvalue weighted by Gasteiger charge is 2.18. The van der Waals surface area contributed by atoms with Crippen LogP contribution in [0.5, 0.6) is 0 Å². The van der Waals surface area contributed by atoms with E-state index in [1.54, 1.807) is 19.0 Å². The molecule has 0 unspecified atom stereocenters. The van der Waals surface area contributed by atoms with Crippen LogP contribution >= 0.6 is 0 Å². The standard InChI is InChI=1S/C18H21NO2/c1-14-9-7-8-12-16(14)18(15-10-5-4-6-11-15)21-13-17(20)19(2)3/h4-12,18H,13H2,1-3H3/t18-/m1/s1. The smallest absolute Gasteiger partial charge is 0.248 e. The molecule has 0 aliphatic heterocycles. The van der Waals surface area contributed by atoms with Crippen molar-refractivity contribution in [1.82, 2.24) is 4.90 Å². The van der Waals surface area contributed by atoms with Crippen LogP contribution in [-0.2, 0) is 9.53 Å². The fourth-order valence-electron chi connectivity index (χ4n) is 2.16. The van der Waals surface area contributed by atoms with Gasteiger partial charge < -0.3 is 9.64 Å². The first kappa shape index (κ1) is 15.3. The molecule has 2 aromatic rings. The van der Waals surface area contributed by atoms with Crippen molar-refractivity contribution in [2.45, 2.75) is 13.0 Å². The Morgan fingerprint density at radius 2 is 1.67 bits per heavy atom. The summed E-state index contributed by atoms with van der Waals surface area (Å²) in [6.07, 6.45) is -0.226. The van der Waals surface area contributed by atoms with E-state index < -0.39 is 0 Å². The van der Waals surface area contributed by atoms with Crippen molar-refractivity contribution in [2.24, 2.45) is 0 Å². The van der Waals surface area contributed by atoms with E-state index in [4.69, 9.17) is 4.74 Å². The second-order valence-corrected chi connectivity index (χ2v) is 5.25. The molecule has 0 saturated carbocycles. The molecule has 3 heteroatoms. The molecule has 21 heavy (non-hydrogen) atoms. The Morgan fingerprint density at radius 3 is 2.29 bits per heavy atom. The molecule has 0 spiro atoms. The van der Waals surface area contributed by atoms with Crippen LogP contribution in [0.4, 0.5) is 0 Å². The molecule has 1 atom stereocenters. The summed E-state index contributed by atoms with van der Waals surface area (Å²) >= 11 is 0. The van der Waals surface area contributed by atoms with E-state index in [-0.39, 0.29) is 18.6 Å². The van der Waals surface area contributed by atoms with Crippen molar-refractivity contribution in [3.63, 3.8) is 0 Å². The molecule has 110 valence electrons. The van der Waals surface area contributed by atoms with Crippen molar-refractivity contribution < 1.29 is 9.53 Å². The number of rotatable bonds is 5. The summed E-state index contributed by atoms with van der Waals surface area (Å²) in [6.45, 7) is 2.13. The summed E-state index contributed by atoms with van der Waals surface area (Å²) in [5, 5.41) is 0. The number of aryl methyl sites for hydroxylation is 1. The Bertz CT molecular complexity index is 593. The van der Waals surface area contributed by atoms with E-state index in [9.17, 15) is 4.79 Å². The molecule has 0 N–H and O–H groups in total. The molecule has 0 fully saturated rings. The fraction of sp³-hybridized carbons (Fsp3) is 0.278. The normalized spacial score (nSPS) is 12.0. The van der Waals surface area contributed by atoms with Crippen LogP contribution in [0.1, 0.15) is 22.8 Å². The second-order valence-electron chi connectivity index (χ2n) is 5.25. The summed E-state index contributed by atoms with van der Waals surface area (Å²) in [4.78, 5) is 13.3. The summed E-state index contributed by atoms with van der Waals surface area (Å²) in [5.41, 5.74) is 3.30. The van der Waals surface area contributed by atoms with Gasteiger partial charge >= 0.3 is 0 Å². The first-order chi connectivity index (χ1) is 10.1. The molecule has 0 aromatic heterocycles. The SMILES string of the molecule is Cc1ccccc1[C@H](OCC(=O)N(C)C)c1ccccc1. The Balaban J connectivity index is 2.28. The van der Waals surface area contributed by atoms with E-state index >= 15 is 0 Å². The Morgan fingerprint density at radius 1 is 1.05 bits per heavy atom. The summed E-state index contributed by atoms with van der Waals surface area (Å²) in [7, 11) is 3.47. The molecule has 0 saturated heterocycles. The minimum Gasteiger partial charge on any atom is -0.359 e. The summed E-state index contributed by atoms with van der Waals surface area (Å²) < 4.78 is 5.93. The third-order valence-electron chi connectivity index (χ3n) is 3.45. The first-order valence-corrected chi connectivity index (χ1v) is 7.02. The van der Waals surface area contributed by atoms with Crippen LogP contribution in [0.15, 0.2) is 54.6 Å². The van der Waals surface area contributed by atoms with Gasteiger partial charge in [-0.2, -0.15) is 0 Å². The van der Waals surface area contributed by atoms with E-state index in [1.807, 2.05) is 48.5 Å². The highest BCUT2D eigenvalue weighted by Crippen LogP contribution is 2.28. The number of hydrogen-bond donors (Lipinski definition) is 0.